The number of ketones is 1. The van der Waals surface area contributed by atoms with E-state index in [1.54, 1.807) is 19.2 Å². The van der Waals surface area contributed by atoms with E-state index in [0.29, 0.717) is 12.0 Å². The zero-order valence-electron chi connectivity index (χ0n) is 10.6. The Morgan fingerprint density at radius 2 is 2.39 bits per heavy atom. The van der Waals surface area contributed by atoms with Gasteiger partial charge in [-0.1, -0.05) is 12.1 Å². The summed E-state index contributed by atoms with van der Waals surface area (Å²) in [6.45, 7) is 2.57. The van der Waals surface area contributed by atoms with Gasteiger partial charge in [-0.05, 0) is 18.6 Å². The smallest absolute Gasteiger partial charge is 0.164 e. The van der Waals surface area contributed by atoms with Gasteiger partial charge < -0.3 is 9.64 Å². The lowest BCUT2D eigenvalue weighted by Crippen LogP contribution is -2.25. The Morgan fingerprint density at radius 3 is 3.06 bits per heavy atom. The first-order valence-electron chi connectivity index (χ1n) is 6.23. The third-order valence-corrected chi connectivity index (χ3v) is 3.36. The largest absolute Gasteiger partial charge is 0.380 e. The van der Waals surface area contributed by atoms with Crippen molar-refractivity contribution in [1.82, 2.24) is 4.90 Å². The second-order valence-corrected chi connectivity index (χ2v) is 4.63. The summed E-state index contributed by atoms with van der Waals surface area (Å²) in [5, 5.41) is 0. The van der Waals surface area contributed by atoms with Crippen molar-refractivity contribution in [2.75, 3.05) is 26.7 Å². The Bertz CT molecular complexity index is 422. The second kappa shape index (κ2) is 6.07. The molecule has 4 heteroatoms. The quantitative estimate of drug-likeness (QED) is 0.751. The van der Waals surface area contributed by atoms with Crippen molar-refractivity contribution in [1.29, 1.82) is 0 Å². The number of halogens is 1. The molecule has 1 aliphatic rings. The van der Waals surface area contributed by atoms with Gasteiger partial charge in [0.05, 0.1) is 6.10 Å². The summed E-state index contributed by atoms with van der Waals surface area (Å²) in [5.74, 6) is -0.364. The molecule has 0 radical (unpaired) electrons. The number of benzene rings is 1. The van der Waals surface area contributed by atoms with E-state index >= 15 is 0 Å². The summed E-state index contributed by atoms with van der Waals surface area (Å²) in [5.41, 5.74) is 0.456. The fraction of sp³-hybridized carbons (Fsp3) is 0.500. The van der Waals surface area contributed by atoms with E-state index in [-0.39, 0.29) is 17.7 Å². The van der Waals surface area contributed by atoms with Crippen LogP contribution in [0, 0.1) is 5.82 Å². The third-order valence-electron chi connectivity index (χ3n) is 3.36. The van der Waals surface area contributed by atoms with E-state index in [2.05, 4.69) is 4.90 Å². The van der Waals surface area contributed by atoms with Gasteiger partial charge in [-0.25, -0.2) is 4.39 Å². The Labute approximate surface area is 107 Å². The van der Waals surface area contributed by atoms with Gasteiger partial charge >= 0.3 is 0 Å². The van der Waals surface area contributed by atoms with Crippen molar-refractivity contribution in [3.05, 3.63) is 35.6 Å². The Kier molecular flexibility index (Phi) is 4.44. The van der Waals surface area contributed by atoms with Crippen molar-refractivity contribution in [3.8, 4) is 0 Å². The molecule has 1 aromatic rings. The summed E-state index contributed by atoms with van der Waals surface area (Å²) in [4.78, 5) is 14.1. The second-order valence-electron chi connectivity index (χ2n) is 4.63. The van der Waals surface area contributed by atoms with Crippen molar-refractivity contribution in [3.63, 3.8) is 0 Å². The molecule has 0 bridgehead atoms. The van der Waals surface area contributed by atoms with Gasteiger partial charge in [-0.2, -0.15) is 0 Å². The lowest BCUT2D eigenvalue weighted by Gasteiger charge is -2.14. The molecule has 2 rings (SSSR count). The summed E-state index contributed by atoms with van der Waals surface area (Å²) < 4.78 is 18.3. The highest BCUT2D eigenvalue weighted by Crippen LogP contribution is 2.13. The van der Waals surface area contributed by atoms with Crippen LogP contribution in [0.15, 0.2) is 24.3 Å². The number of methoxy groups -OCH3 is 1. The Morgan fingerprint density at radius 1 is 1.56 bits per heavy atom. The predicted molar refractivity (Wildman–Crippen MR) is 67.2 cm³/mol. The minimum atomic E-state index is -0.360. The van der Waals surface area contributed by atoms with Gasteiger partial charge in [0.15, 0.2) is 5.78 Å². The molecule has 1 aromatic carbocycles. The maximum absolute atomic E-state index is 13.0. The molecule has 0 aromatic heterocycles. The molecule has 1 unspecified atom stereocenters. The van der Waals surface area contributed by atoms with Gasteiger partial charge in [0.25, 0.3) is 0 Å². The number of hydrogen-bond donors (Lipinski definition) is 0. The van der Waals surface area contributed by atoms with E-state index < -0.39 is 0 Å². The van der Waals surface area contributed by atoms with Crippen molar-refractivity contribution < 1.29 is 13.9 Å². The number of rotatable bonds is 5. The third kappa shape index (κ3) is 3.37. The van der Waals surface area contributed by atoms with Gasteiger partial charge in [0.2, 0.25) is 0 Å². The number of ether oxygens (including phenoxy) is 1. The zero-order valence-corrected chi connectivity index (χ0v) is 10.6. The van der Waals surface area contributed by atoms with Crippen molar-refractivity contribution in [2.24, 2.45) is 0 Å². The molecule has 0 N–H and O–H groups in total. The van der Waals surface area contributed by atoms with Gasteiger partial charge in [-0.3, -0.25) is 4.79 Å². The first-order chi connectivity index (χ1) is 8.69. The first-order valence-corrected chi connectivity index (χ1v) is 6.23. The van der Waals surface area contributed by atoms with Crippen molar-refractivity contribution >= 4 is 5.78 Å². The fourth-order valence-corrected chi connectivity index (χ4v) is 2.26. The van der Waals surface area contributed by atoms with E-state index in [1.807, 2.05) is 0 Å². The standard InChI is InChI=1S/C14H18FNO2/c1-18-13-5-7-16(10-13)8-6-14(17)11-3-2-4-12(15)9-11/h2-4,9,13H,5-8,10H2,1H3. The highest BCUT2D eigenvalue weighted by atomic mass is 19.1. The van der Waals surface area contributed by atoms with Crippen LogP contribution in [0.1, 0.15) is 23.2 Å². The SMILES string of the molecule is COC1CCN(CCC(=O)c2cccc(F)c2)C1. The number of likely N-dealkylation sites (tertiary alicyclic amines) is 1. The van der Waals surface area contributed by atoms with Crippen LogP contribution in [0.5, 0.6) is 0 Å². The molecular weight excluding hydrogens is 233 g/mol. The minimum Gasteiger partial charge on any atom is -0.380 e. The Hall–Kier alpha value is -1.26. The van der Waals surface area contributed by atoms with Crippen LogP contribution in [-0.4, -0.2) is 43.5 Å². The summed E-state index contributed by atoms with van der Waals surface area (Å²) in [6.07, 6.45) is 1.74. The molecule has 98 valence electrons. The highest BCUT2D eigenvalue weighted by Gasteiger charge is 2.22. The lowest BCUT2D eigenvalue weighted by atomic mass is 10.1. The highest BCUT2D eigenvalue weighted by molar-refractivity contribution is 5.96. The molecule has 1 aliphatic heterocycles. The summed E-state index contributed by atoms with van der Waals surface area (Å²) in [6, 6.07) is 5.87. The average molecular weight is 251 g/mol. The van der Waals surface area contributed by atoms with Crippen LogP contribution >= 0.6 is 0 Å². The maximum atomic E-state index is 13.0. The number of carbonyl (C=O) groups excluding carboxylic acids is 1. The van der Waals surface area contributed by atoms with E-state index in [1.165, 1.54) is 12.1 Å². The number of carbonyl (C=O) groups is 1. The van der Waals surface area contributed by atoms with Crippen LogP contribution in [0.2, 0.25) is 0 Å². The monoisotopic (exact) mass is 251 g/mol. The molecular formula is C14H18FNO2. The van der Waals surface area contributed by atoms with Gasteiger partial charge in [0.1, 0.15) is 5.82 Å². The number of Topliss-reactive ketones (excluding diaryl/α,β-unsaturated/α-hetero) is 1. The average Bonchev–Trinajstić information content (AvgIpc) is 2.84. The zero-order chi connectivity index (χ0) is 13.0. The van der Waals surface area contributed by atoms with Crippen LogP contribution < -0.4 is 0 Å². The molecule has 0 saturated carbocycles. The molecule has 0 aliphatic carbocycles. The van der Waals surface area contributed by atoms with Crippen LogP contribution in [0.25, 0.3) is 0 Å². The molecule has 0 spiro atoms. The number of hydrogen-bond acceptors (Lipinski definition) is 3. The van der Waals surface area contributed by atoms with Crippen molar-refractivity contribution in [2.45, 2.75) is 18.9 Å². The van der Waals surface area contributed by atoms with Gasteiger partial charge in [-0.15, -0.1) is 0 Å². The molecule has 3 nitrogen and oxygen atoms in total. The lowest BCUT2D eigenvalue weighted by molar-refractivity contribution is 0.0943. The van der Waals surface area contributed by atoms with E-state index in [4.69, 9.17) is 4.74 Å². The van der Waals surface area contributed by atoms with E-state index in [0.717, 1.165) is 26.1 Å². The molecule has 1 heterocycles. The number of nitrogens with zero attached hydrogens (tertiary/aromatic N) is 1. The molecule has 0 amide bonds. The summed E-state index contributed by atoms with van der Waals surface area (Å²) in [7, 11) is 1.71. The van der Waals surface area contributed by atoms with E-state index in [9.17, 15) is 9.18 Å². The fourth-order valence-electron chi connectivity index (χ4n) is 2.26. The topological polar surface area (TPSA) is 29.5 Å². The minimum absolute atomic E-state index is 0.00429. The van der Waals surface area contributed by atoms with Crippen LogP contribution in [-0.2, 0) is 4.74 Å². The van der Waals surface area contributed by atoms with Crippen LogP contribution in [0.4, 0.5) is 4.39 Å². The molecule has 18 heavy (non-hydrogen) atoms. The molecule has 1 atom stereocenters. The first kappa shape index (κ1) is 13.2. The molecule has 1 fully saturated rings. The Balaban J connectivity index is 1.82. The maximum Gasteiger partial charge on any atom is 0.164 e. The van der Waals surface area contributed by atoms with Crippen LogP contribution in [0.3, 0.4) is 0 Å². The van der Waals surface area contributed by atoms with Gasteiger partial charge in [0, 0.05) is 38.7 Å². The summed E-state index contributed by atoms with van der Waals surface area (Å²) >= 11 is 0. The predicted octanol–water partition coefficient (Wildman–Crippen LogP) is 2.12. The molecule has 1 saturated heterocycles. The normalized spacial score (nSPS) is 20.2.